The van der Waals surface area contributed by atoms with Gasteiger partial charge in [-0.2, -0.15) is 19.0 Å². The fraction of sp³-hybridized carbons (Fsp3) is 0.394. The molecule has 2 amide bonds. The van der Waals surface area contributed by atoms with Gasteiger partial charge in [0.2, 0.25) is 0 Å². The van der Waals surface area contributed by atoms with E-state index in [0.717, 1.165) is 23.4 Å². The van der Waals surface area contributed by atoms with Crippen LogP contribution < -0.4 is 11.1 Å². The number of carbonyl (C=O) groups excluding carboxylic acids is 2. The summed E-state index contributed by atoms with van der Waals surface area (Å²) in [4.78, 5) is 36.9. The van der Waals surface area contributed by atoms with Crippen molar-refractivity contribution >= 4 is 29.6 Å². The third kappa shape index (κ3) is 9.81. The molecule has 49 heavy (non-hydrogen) atoms. The first kappa shape index (κ1) is 36.9. The summed E-state index contributed by atoms with van der Waals surface area (Å²) in [6.07, 6.45) is 3.37. The van der Waals surface area contributed by atoms with Crippen LogP contribution in [-0.2, 0) is 4.74 Å². The molecule has 0 saturated heterocycles. The number of nitrogens with one attached hydrogen (secondary N) is 2. The van der Waals surface area contributed by atoms with Crippen LogP contribution in [0.2, 0.25) is 5.02 Å². The van der Waals surface area contributed by atoms with Crippen LogP contribution in [0.5, 0.6) is 0 Å². The molecule has 4 N–H and O–H groups in total. The van der Waals surface area contributed by atoms with E-state index < -0.39 is 48.1 Å². The average Bonchev–Trinajstić information content (AvgIpc) is 3.71. The number of carbonyl (C=O) groups is 2. The summed E-state index contributed by atoms with van der Waals surface area (Å²) >= 11 is 6.50. The fourth-order valence-corrected chi connectivity index (χ4v) is 4.87. The zero-order valence-corrected chi connectivity index (χ0v) is 28.7. The zero-order valence-electron chi connectivity index (χ0n) is 28.0. The fourth-order valence-electron chi connectivity index (χ4n) is 4.66. The second-order valence-electron chi connectivity index (χ2n) is 13.5. The Hall–Kier alpha value is -4.92. The molecule has 262 valence electrons. The summed E-state index contributed by atoms with van der Waals surface area (Å²) in [6, 6.07) is 7.33. The Kier molecular flexibility index (Phi) is 11.4. The van der Waals surface area contributed by atoms with Crippen LogP contribution in [0.1, 0.15) is 76.5 Å². The summed E-state index contributed by atoms with van der Waals surface area (Å²) < 4.78 is 48.1. The molecule has 4 aromatic rings. The van der Waals surface area contributed by atoms with Crippen molar-refractivity contribution in [2.45, 2.75) is 66.1 Å². The van der Waals surface area contributed by atoms with E-state index in [2.05, 4.69) is 30.6 Å². The Morgan fingerprint density at radius 1 is 1.12 bits per heavy atom. The van der Waals surface area contributed by atoms with E-state index >= 15 is 4.39 Å². The van der Waals surface area contributed by atoms with Crippen LogP contribution in [-0.4, -0.2) is 66.5 Å². The van der Waals surface area contributed by atoms with E-state index in [9.17, 15) is 18.4 Å². The Balaban J connectivity index is 1.82. The van der Waals surface area contributed by atoms with Gasteiger partial charge in [-0.05, 0) is 68.0 Å². The minimum Gasteiger partial charge on any atom is -0.447 e. The summed E-state index contributed by atoms with van der Waals surface area (Å²) in [6.45, 7) is 8.31. The van der Waals surface area contributed by atoms with Gasteiger partial charge in [0.15, 0.2) is 11.8 Å². The van der Waals surface area contributed by atoms with Gasteiger partial charge >= 0.3 is 12.6 Å². The highest BCUT2D eigenvalue weighted by molar-refractivity contribution is 6.33. The maximum Gasteiger partial charge on any atom is 0.407 e. The average molecular weight is 702 g/mol. The van der Waals surface area contributed by atoms with Crippen LogP contribution in [0.25, 0.3) is 22.5 Å². The number of halogens is 4. The molecule has 0 aliphatic rings. The van der Waals surface area contributed by atoms with E-state index in [0.29, 0.717) is 33.1 Å². The lowest BCUT2D eigenvalue weighted by molar-refractivity contribution is 0.0566. The minimum atomic E-state index is -2.88. The Morgan fingerprint density at radius 2 is 1.86 bits per heavy atom. The Labute approximate surface area is 286 Å². The number of aromatic amines is 1. The van der Waals surface area contributed by atoms with Gasteiger partial charge < -0.3 is 15.8 Å². The number of alkyl carbamates (subject to hydrolysis) is 1. The van der Waals surface area contributed by atoms with Gasteiger partial charge in [-0.15, -0.1) is 0 Å². The largest absolute Gasteiger partial charge is 0.447 e. The molecule has 2 aromatic heterocycles. The second kappa shape index (κ2) is 15.1. The van der Waals surface area contributed by atoms with E-state index in [1.165, 1.54) is 18.5 Å². The monoisotopic (exact) mass is 701 g/mol. The molecule has 0 saturated carbocycles. The van der Waals surface area contributed by atoms with Crippen molar-refractivity contribution in [2.24, 2.45) is 16.1 Å². The molecule has 16 heteroatoms. The first-order valence-corrected chi connectivity index (χ1v) is 15.7. The van der Waals surface area contributed by atoms with Crippen molar-refractivity contribution in [1.82, 2.24) is 35.2 Å². The standard InChI is InChI=1S/C33H39ClF3N9O3/c1-32(2,3)11-12-39-30(38)46(28(47)22-9-7-19(14-25(22)35)21-15-42-45(16-21)29(36)37)26(17-49-31(48)43-33(4,5)6)20-8-10-24(34)23(13-20)27-40-18-41-44-27/h7-10,13-16,18,26,29H,11-12,17H2,1-6H3,(H2,38,39)(H,43,48)(H,40,41,44)/t26-/m1/s1. The van der Waals surface area contributed by atoms with Gasteiger partial charge in [0.25, 0.3) is 5.91 Å². The summed E-state index contributed by atoms with van der Waals surface area (Å²) in [5.41, 5.74) is 6.65. The van der Waals surface area contributed by atoms with Crippen LogP contribution in [0.15, 0.2) is 60.1 Å². The lowest BCUT2D eigenvalue weighted by atomic mass is 9.92. The summed E-state index contributed by atoms with van der Waals surface area (Å²) in [7, 11) is 0. The molecule has 0 radical (unpaired) electrons. The van der Waals surface area contributed by atoms with E-state index in [1.807, 2.05) is 20.8 Å². The zero-order chi connectivity index (χ0) is 36.1. The summed E-state index contributed by atoms with van der Waals surface area (Å²) in [5.74, 6) is -1.77. The number of rotatable bonds is 10. The minimum absolute atomic E-state index is 0.117. The van der Waals surface area contributed by atoms with Crippen molar-refractivity contribution < 1.29 is 27.5 Å². The maximum atomic E-state index is 15.8. The molecule has 0 spiro atoms. The molecule has 2 heterocycles. The Morgan fingerprint density at radius 3 is 2.45 bits per heavy atom. The number of aliphatic imine (C=N–C) groups is 1. The highest BCUT2D eigenvalue weighted by Gasteiger charge is 2.33. The molecule has 0 aliphatic carbocycles. The number of nitrogens with zero attached hydrogens (tertiary/aromatic N) is 6. The number of guanidine groups is 1. The van der Waals surface area contributed by atoms with Crippen molar-refractivity contribution in [3.63, 3.8) is 0 Å². The van der Waals surface area contributed by atoms with Gasteiger partial charge in [0, 0.05) is 29.4 Å². The van der Waals surface area contributed by atoms with Crippen molar-refractivity contribution in [3.05, 3.63) is 77.1 Å². The molecule has 0 bridgehead atoms. The number of benzene rings is 2. The van der Waals surface area contributed by atoms with Crippen LogP contribution in [0.4, 0.5) is 18.0 Å². The van der Waals surface area contributed by atoms with Crippen molar-refractivity contribution in [2.75, 3.05) is 13.2 Å². The Bertz CT molecular complexity index is 1800. The first-order valence-electron chi connectivity index (χ1n) is 15.3. The van der Waals surface area contributed by atoms with Gasteiger partial charge in [-0.1, -0.05) is 44.5 Å². The molecule has 12 nitrogen and oxygen atoms in total. The van der Waals surface area contributed by atoms with E-state index in [-0.39, 0.29) is 29.0 Å². The molecule has 0 unspecified atom stereocenters. The van der Waals surface area contributed by atoms with E-state index in [1.54, 1.807) is 39.0 Å². The number of ether oxygens (including phenoxy) is 1. The van der Waals surface area contributed by atoms with Crippen molar-refractivity contribution in [1.29, 1.82) is 0 Å². The predicted molar refractivity (Wildman–Crippen MR) is 179 cm³/mol. The molecule has 4 rings (SSSR count). The van der Waals surface area contributed by atoms with Gasteiger partial charge in [-0.3, -0.25) is 19.8 Å². The molecular weight excluding hydrogens is 663 g/mol. The number of aromatic nitrogens is 5. The number of hydrogen-bond acceptors (Lipinski definition) is 7. The van der Waals surface area contributed by atoms with Crippen molar-refractivity contribution in [3.8, 4) is 22.5 Å². The topological polar surface area (TPSA) is 156 Å². The summed E-state index contributed by atoms with van der Waals surface area (Å²) in [5, 5.41) is 13.2. The highest BCUT2D eigenvalue weighted by Crippen LogP contribution is 2.33. The maximum absolute atomic E-state index is 15.8. The molecule has 1 atom stereocenters. The third-order valence-electron chi connectivity index (χ3n) is 7.14. The SMILES string of the molecule is CC(C)(C)CCN=C(N)N(C(=O)c1ccc(-c2cnn(C(F)F)c2)cc1F)[C@H](COC(=O)NC(C)(C)C)c1ccc(Cl)c(-c2ncn[nH]2)c1. The number of nitrogens with two attached hydrogens (primary N) is 1. The lowest BCUT2D eigenvalue weighted by Crippen LogP contribution is -2.47. The van der Waals surface area contributed by atoms with E-state index in [4.69, 9.17) is 22.1 Å². The number of hydrogen-bond donors (Lipinski definition) is 3. The second-order valence-corrected chi connectivity index (χ2v) is 13.9. The molecule has 0 fully saturated rings. The van der Waals surface area contributed by atoms with Gasteiger partial charge in [-0.25, -0.2) is 18.9 Å². The third-order valence-corrected chi connectivity index (χ3v) is 7.47. The quantitative estimate of drug-likeness (QED) is 0.119. The number of amides is 2. The molecule has 2 aromatic carbocycles. The van der Waals surface area contributed by atoms with Crippen LogP contribution in [0, 0.1) is 11.2 Å². The van der Waals surface area contributed by atoms with Gasteiger partial charge in [0.1, 0.15) is 18.8 Å². The molecular formula is C33H39ClF3N9O3. The predicted octanol–water partition coefficient (Wildman–Crippen LogP) is 6.98. The van der Waals surface area contributed by atoms with Crippen LogP contribution in [0.3, 0.4) is 0 Å². The number of H-pyrrole nitrogens is 1. The normalized spacial score (nSPS) is 13.0. The smallest absolute Gasteiger partial charge is 0.407 e. The molecule has 0 aliphatic heterocycles. The lowest BCUT2D eigenvalue weighted by Gasteiger charge is -2.32. The van der Waals surface area contributed by atoms with Crippen LogP contribution >= 0.6 is 11.6 Å². The number of alkyl halides is 2. The first-order chi connectivity index (χ1) is 22.9. The van der Waals surface area contributed by atoms with Gasteiger partial charge in [0.05, 0.1) is 22.8 Å². The highest BCUT2D eigenvalue weighted by atomic mass is 35.5.